The Labute approximate surface area is 189 Å². The Morgan fingerprint density at radius 2 is 1.94 bits per heavy atom. The molecule has 0 spiro atoms. The summed E-state index contributed by atoms with van der Waals surface area (Å²) in [5.41, 5.74) is 3.34. The van der Waals surface area contributed by atoms with E-state index in [1.165, 1.54) is 0 Å². The van der Waals surface area contributed by atoms with Crippen LogP contribution in [0.1, 0.15) is 66.6 Å². The van der Waals surface area contributed by atoms with Gasteiger partial charge in [-0.25, -0.2) is 9.97 Å². The minimum absolute atomic E-state index is 0.0439. The highest BCUT2D eigenvalue weighted by Gasteiger charge is 2.33. The predicted molar refractivity (Wildman–Crippen MR) is 125 cm³/mol. The third kappa shape index (κ3) is 4.55. The van der Waals surface area contributed by atoms with Crippen LogP contribution in [0, 0.1) is 0 Å². The molecule has 2 atom stereocenters. The van der Waals surface area contributed by atoms with Gasteiger partial charge in [-0.15, -0.1) is 0 Å². The molecule has 1 aliphatic heterocycles. The van der Waals surface area contributed by atoms with E-state index in [0.717, 1.165) is 81.1 Å². The number of carbonyl (C=O) groups is 1. The summed E-state index contributed by atoms with van der Waals surface area (Å²) in [5, 5.41) is 2.60. The van der Waals surface area contributed by atoms with Crippen LogP contribution in [-0.4, -0.2) is 65.0 Å². The highest BCUT2D eigenvalue weighted by atomic mass is 16.1. The monoisotopic (exact) mass is 438 g/mol. The number of rotatable bonds is 6. The summed E-state index contributed by atoms with van der Waals surface area (Å²) >= 11 is 0. The van der Waals surface area contributed by atoms with Crippen molar-refractivity contribution >= 4 is 11.6 Å². The lowest BCUT2D eigenvalue weighted by Crippen LogP contribution is -2.49. The maximum absolute atomic E-state index is 12.5. The highest BCUT2D eigenvalue weighted by molar-refractivity contribution is 5.92. The number of amides is 1. The molecule has 172 valence electrons. The third-order valence-electron chi connectivity index (χ3n) is 7.00. The zero-order valence-corrected chi connectivity index (χ0v) is 19.4. The van der Waals surface area contributed by atoms with Gasteiger partial charge in [0.15, 0.2) is 0 Å². The van der Waals surface area contributed by atoms with E-state index >= 15 is 0 Å². The van der Waals surface area contributed by atoms with Gasteiger partial charge in [-0.2, -0.15) is 0 Å². The lowest BCUT2D eigenvalue weighted by atomic mass is 10.0. The van der Waals surface area contributed by atoms with E-state index in [1.54, 1.807) is 19.3 Å². The molecule has 1 saturated heterocycles. The molecule has 2 aromatic heterocycles. The second-order valence-electron chi connectivity index (χ2n) is 8.75. The molecule has 0 radical (unpaired) electrons. The molecule has 3 heterocycles. The van der Waals surface area contributed by atoms with E-state index in [4.69, 9.17) is 4.98 Å². The first-order valence-electron chi connectivity index (χ1n) is 11.8. The van der Waals surface area contributed by atoms with Crippen LogP contribution in [0.2, 0.25) is 0 Å². The molecule has 32 heavy (non-hydrogen) atoms. The minimum Gasteiger partial charge on any atom is -0.368 e. The van der Waals surface area contributed by atoms with Crippen molar-refractivity contribution in [3.63, 3.8) is 0 Å². The Morgan fingerprint density at radius 1 is 1.16 bits per heavy atom. The average Bonchev–Trinajstić information content (AvgIpc) is 3.33. The first kappa shape index (κ1) is 22.5. The number of nitrogens with zero attached hydrogens (tertiary/aromatic N) is 4. The number of hydrogen-bond donors (Lipinski definition) is 2. The molecule has 0 aromatic carbocycles. The van der Waals surface area contributed by atoms with Crippen LogP contribution in [0.15, 0.2) is 23.1 Å². The summed E-state index contributed by atoms with van der Waals surface area (Å²) in [5.74, 6) is 1.05. The van der Waals surface area contributed by atoms with Gasteiger partial charge in [0.2, 0.25) is 0 Å². The summed E-state index contributed by atoms with van der Waals surface area (Å²) in [7, 11) is 1.61. The molecule has 4 rings (SSSR count). The largest absolute Gasteiger partial charge is 0.368 e. The standard InChI is InChI=1S/C24H34N6O2/c1-4-19-20(5-2)27-22(28-23(19)31)16-6-7-17(14-16)29-10-12-30(13-11-29)18-8-9-21(26-15-18)24(32)25-3/h8-9,15-17H,4-7,10-14H2,1-3H3,(H,25,32)(H,27,28,31)/t16-,17+/m1/s1. The molecule has 8 heteroatoms. The van der Waals surface area contributed by atoms with E-state index in [1.807, 2.05) is 13.0 Å². The van der Waals surface area contributed by atoms with Crippen molar-refractivity contribution in [3.05, 3.63) is 51.5 Å². The fourth-order valence-electron chi connectivity index (χ4n) is 5.13. The van der Waals surface area contributed by atoms with Crippen LogP contribution in [0.4, 0.5) is 5.69 Å². The topological polar surface area (TPSA) is 94.2 Å². The van der Waals surface area contributed by atoms with Crippen molar-refractivity contribution in [2.45, 2.75) is 57.9 Å². The number of aryl methyl sites for hydroxylation is 1. The normalized spacial score (nSPS) is 21.7. The van der Waals surface area contributed by atoms with Crippen LogP contribution in [0.3, 0.4) is 0 Å². The van der Waals surface area contributed by atoms with Gasteiger partial charge in [0.1, 0.15) is 11.5 Å². The van der Waals surface area contributed by atoms with E-state index in [0.29, 0.717) is 17.7 Å². The zero-order valence-electron chi connectivity index (χ0n) is 19.4. The molecule has 8 nitrogen and oxygen atoms in total. The van der Waals surface area contributed by atoms with Gasteiger partial charge < -0.3 is 15.2 Å². The van der Waals surface area contributed by atoms with E-state index < -0.39 is 0 Å². The molecule has 2 fully saturated rings. The van der Waals surface area contributed by atoms with Crippen LogP contribution in [0.5, 0.6) is 0 Å². The Bertz CT molecular complexity index is 995. The lowest BCUT2D eigenvalue weighted by Gasteiger charge is -2.39. The van der Waals surface area contributed by atoms with Gasteiger partial charge in [0.05, 0.1) is 17.6 Å². The molecule has 0 unspecified atom stereocenters. The van der Waals surface area contributed by atoms with Crippen LogP contribution < -0.4 is 15.8 Å². The molecular formula is C24H34N6O2. The van der Waals surface area contributed by atoms with Gasteiger partial charge in [0.25, 0.3) is 11.5 Å². The number of piperazine rings is 1. The minimum atomic E-state index is -0.164. The van der Waals surface area contributed by atoms with Crippen LogP contribution in [-0.2, 0) is 12.8 Å². The second kappa shape index (κ2) is 9.81. The second-order valence-corrected chi connectivity index (χ2v) is 8.75. The summed E-state index contributed by atoms with van der Waals surface area (Å²) in [4.78, 5) is 41.3. The molecular weight excluding hydrogens is 404 g/mol. The molecule has 2 aliphatic rings. The number of aromatic nitrogens is 3. The lowest BCUT2D eigenvalue weighted by molar-refractivity contribution is 0.0958. The predicted octanol–water partition coefficient (Wildman–Crippen LogP) is 2.11. The van der Waals surface area contributed by atoms with E-state index in [2.05, 4.69) is 32.0 Å². The zero-order chi connectivity index (χ0) is 22.7. The maximum Gasteiger partial charge on any atom is 0.269 e. The summed E-state index contributed by atoms with van der Waals surface area (Å²) in [6.45, 7) is 8.00. The van der Waals surface area contributed by atoms with Crippen molar-refractivity contribution in [2.24, 2.45) is 0 Å². The summed E-state index contributed by atoms with van der Waals surface area (Å²) in [6.07, 6.45) is 6.60. The average molecular weight is 439 g/mol. The molecule has 0 bridgehead atoms. The highest BCUT2D eigenvalue weighted by Crippen LogP contribution is 2.36. The molecule has 1 aliphatic carbocycles. The summed E-state index contributed by atoms with van der Waals surface area (Å²) in [6, 6.07) is 4.30. The Balaban J connectivity index is 1.35. The molecule has 1 saturated carbocycles. The van der Waals surface area contributed by atoms with Gasteiger partial charge in [-0.3, -0.25) is 14.5 Å². The number of pyridine rings is 1. The summed E-state index contributed by atoms with van der Waals surface area (Å²) < 4.78 is 0. The molecule has 2 aromatic rings. The number of aromatic amines is 1. The number of H-pyrrole nitrogens is 1. The van der Waals surface area contributed by atoms with E-state index in [-0.39, 0.29) is 11.5 Å². The Kier molecular flexibility index (Phi) is 6.89. The third-order valence-corrected chi connectivity index (χ3v) is 7.00. The maximum atomic E-state index is 12.5. The Morgan fingerprint density at radius 3 is 2.56 bits per heavy atom. The van der Waals surface area contributed by atoms with Crippen molar-refractivity contribution in [2.75, 3.05) is 38.1 Å². The number of carbonyl (C=O) groups excluding carboxylic acids is 1. The van der Waals surface area contributed by atoms with Crippen LogP contribution in [0.25, 0.3) is 0 Å². The molecule has 2 N–H and O–H groups in total. The fraction of sp³-hybridized carbons (Fsp3) is 0.583. The van der Waals surface area contributed by atoms with Crippen molar-refractivity contribution < 1.29 is 4.79 Å². The van der Waals surface area contributed by atoms with Crippen molar-refractivity contribution in [3.8, 4) is 0 Å². The first-order chi connectivity index (χ1) is 15.5. The number of nitrogens with one attached hydrogen (secondary N) is 2. The fourth-order valence-corrected chi connectivity index (χ4v) is 5.13. The van der Waals surface area contributed by atoms with Gasteiger partial charge >= 0.3 is 0 Å². The van der Waals surface area contributed by atoms with Gasteiger partial charge in [0, 0.05) is 50.7 Å². The molecule has 1 amide bonds. The van der Waals surface area contributed by atoms with Gasteiger partial charge in [-0.05, 0) is 44.2 Å². The number of hydrogen-bond acceptors (Lipinski definition) is 6. The number of anilines is 1. The first-order valence-corrected chi connectivity index (χ1v) is 11.8. The quantitative estimate of drug-likeness (QED) is 0.717. The SMILES string of the molecule is CCc1nc([C@@H]2CC[C@H](N3CCN(c4ccc(C(=O)NC)nc4)CC3)C2)[nH]c(=O)c1CC. The van der Waals surface area contributed by atoms with Crippen LogP contribution >= 0.6 is 0 Å². The smallest absolute Gasteiger partial charge is 0.269 e. The van der Waals surface area contributed by atoms with E-state index in [9.17, 15) is 9.59 Å². The van der Waals surface area contributed by atoms with Crippen molar-refractivity contribution in [1.29, 1.82) is 0 Å². The van der Waals surface area contributed by atoms with Gasteiger partial charge in [-0.1, -0.05) is 13.8 Å². The Hall–Kier alpha value is -2.74. The van der Waals surface area contributed by atoms with Crippen molar-refractivity contribution in [1.82, 2.24) is 25.2 Å².